The molecule has 5 heteroatoms. The van der Waals surface area contributed by atoms with E-state index >= 15 is 0 Å². The van der Waals surface area contributed by atoms with Gasteiger partial charge in [0.1, 0.15) is 0 Å². The lowest BCUT2D eigenvalue weighted by Crippen LogP contribution is -2.36. The monoisotopic (exact) mass is 690 g/mol. The number of allylic oxidation sites excluding steroid dienone is 2. The van der Waals surface area contributed by atoms with Crippen molar-refractivity contribution in [2.45, 2.75) is 84.3 Å². The number of aliphatic hydroxyl groups is 2. The van der Waals surface area contributed by atoms with Crippen molar-refractivity contribution in [3.05, 3.63) is 35.5 Å². The quantitative estimate of drug-likeness (QED) is 0.232. The summed E-state index contributed by atoms with van der Waals surface area (Å²) in [6, 6.07) is 0. The van der Waals surface area contributed by atoms with Gasteiger partial charge in [0.2, 0.25) is 0 Å². The first-order valence-corrected chi connectivity index (χ1v) is 14.9. The smallest absolute Gasteiger partial charge is 0.0888 e. The Morgan fingerprint density at radius 3 is 1.80 bits per heavy atom. The van der Waals surface area contributed by atoms with Gasteiger partial charge >= 0.3 is 0 Å². The predicted molar refractivity (Wildman–Crippen MR) is 140 cm³/mol. The molecule has 0 amide bonds. The number of hydrogen-bond acceptors (Lipinski definition) is 2. The van der Waals surface area contributed by atoms with Crippen molar-refractivity contribution < 1.29 is 11.6 Å². The topological polar surface area (TPSA) is 40.5 Å². The van der Waals surface area contributed by atoms with Gasteiger partial charge < -0.3 is 10.2 Å². The summed E-state index contributed by atoms with van der Waals surface area (Å²) >= 11 is 4.24. The molecular formula is C20H37I3O2. The highest BCUT2D eigenvalue weighted by atomic mass is 128. The highest BCUT2D eigenvalue weighted by Gasteiger charge is 2.31. The molecule has 150 valence electrons. The van der Waals surface area contributed by atoms with E-state index in [9.17, 15) is 10.2 Å². The SMILES string of the molecule is C=C(C)C1(O)CC=C(C)CC1.CC1=CCC(O)(C(C)C)CC1.I.II.[HH]. The fourth-order valence-electron chi connectivity index (χ4n) is 2.83. The van der Waals surface area contributed by atoms with Gasteiger partial charge in [-0.15, -0.1) is 24.0 Å². The third-order valence-corrected chi connectivity index (χ3v) is 5.35. The van der Waals surface area contributed by atoms with Crippen LogP contribution in [0.15, 0.2) is 35.5 Å². The molecule has 2 aliphatic rings. The Labute approximate surface area is 196 Å². The first-order chi connectivity index (χ1) is 11.1. The second kappa shape index (κ2) is 13.5. The lowest BCUT2D eigenvalue weighted by Gasteiger charge is -2.34. The fraction of sp³-hybridized carbons (Fsp3) is 0.700. The Morgan fingerprint density at radius 2 is 1.52 bits per heavy atom. The van der Waals surface area contributed by atoms with Gasteiger partial charge in [-0.3, -0.25) is 0 Å². The first-order valence-electron chi connectivity index (χ1n) is 8.65. The van der Waals surface area contributed by atoms with Crippen molar-refractivity contribution in [1.82, 2.24) is 0 Å². The predicted octanol–water partition coefficient (Wildman–Crippen LogP) is 7.56. The number of rotatable bonds is 2. The first kappa shape index (κ1) is 28.5. The maximum atomic E-state index is 10.0. The van der Waals surface area contributed by atoms with Crippen molar-refractivity contribution >= 4 is 61.2 Å². The summed E-state index contributed by atoms with van der Waals surface area (Å²) in [6.45, 7) is 14.1. The zero-order valence-electron chi connectivity index (χ0n) is 16.2. The van der Waals surface area contributed by atoms with Crippen molar-refractivity contribution in [3.63, 3.8) is 0 Å². The number of hydrogen-bond donors (Lipinski definition) is 2. The molecule has 0 fully saturated rings. The van der Waals surface area contributed by atoms with E-state index in [4.69, 9.17) is 0 Å². The van der Waals surface area contributed by atoms with Gasteiger partial charge in [-0.2, -0.15) is 0 Å². The zero-order chi connectivity index (χ0) is 19.0. The standard InChI is InChI=1S/C10H18O.C10H16O.I2.HI.H2/c2*1-8(2)10(11)6-4-9(3)5-7-10;1-2;;/h4,8,11H,5-7H2,1-3H3;4,11H,1,5-7H2,2-3H3;;2*1H. The van der Waals surface area contributed by atoms with Gasteiger partial charge in [0.05, 0.1) is 11.2 Å². The van der Waals surface area contributed by atoms with Crippen molar-refractivity contribution in [2.75, 3.05) is 0 Å². The normalized spacial score (nSPS) is 28.2. The minimum atomic E-state index is -0.612. The Bertz CT molecular complexity index is 478. The van der Waals surface area contributed by atoms with Gasteiger partial charge in [-0.05, 0) is 70.8 Å². The average Bonchev–Trinajstić information content (AvgIpc) is 2.55. The van der Waals surface area contributed by atoms with Crippen LogP contribution in [0.5, 0.6) is 0 Å². The van der Waals surface area contributed by atoms with E-state index in [0.717, 1.165) is 44.1 Å². The lowest BCUT2D eigenvalue weighted by molar-refractivity contribution is -0.0140. The summed E-state index contributed by atoms with van der Waals surface area (Å²) in [5.41, 5.74) is 2.67. The van der Waals surface area contributed by atoms with Gasteiger partial charge in [0.25, 0.3) is 0 Å². The van der Waals surface area contributed by atoms with Gasteiger partial charge in [-0.1, -0.05) is 43.7 Å². The minimum absolute atomic E-state index is 0. The summed E-state index contributed by atoms with van der Waals surface area (Å²) in [6.07, 6.45) is 9.71. The maximum absolute atomic E-state index is 10.0. The molecule has 2 rings (SSSR count). The van der Waals surface area contributed by atoms with Gasteiger partial charge in [0.15, 0.2) is 0 Å². The maximum Gasteiger partial charge on any atom is 0.0888 e. The average molecular weight is 690 g/mol. The summed E-state index contributed by atoms with van der Waals surface area (Å²) in [4.78, 5) is 0. The second-order valence-corrected chi connectivity index (χ2v) is 7.58. The van der Waals surface area contributed by atoms with Crippen LogP contribution in [0.4, 0.5) is 0 Å². The highest BCUT2D eigenvalue weighted by Crippen LogP contribution is 2.33. The lowest BCUT2D eigenvalue weighted by atomic mass is 9.78. The molecule has 0 saturated heterocycles. The molecule has 0 aliphatic heterocycles. The molecule has 0 aromatic heterocycles. The van der Waals surface area contributed by atoms with Crippen molar-refractivity contribution in [2.24, 2.45) is 5.92 Å². The summed E-state index contributed by atoms with van der Waals surface area (Å²) < 4.78 is 0. The van der Waals surface area contributed by atoms with Crippen LogP contribution in [0, 0.1) is 5.92 Å². The molecule has 0 bridgehead atoms. The van der Waals surface area contributed by atoms with E-state index in [0.29, 0.717) is 5.92 Å². The zero-order valence-corrected chi connectivity index (χ0v) is 22.9. The molecule has 2 N–H and O–H groups in total. The second-order valence-electron chi connectivity index (χ2n) is 7.58. The fourth-order valence-corrected chi connectivity index (χ4v) is 2.83. The molecule has 2 atom stereocenters. The van der Waals surface area contributed by atoms with Crippen LogP contribution in [0.2, 0.25) is 0 Å². The molecular weight excluding hydrogens is 653 g/mol. The highest BCUT2D eigenvalue weighted by molar-refractivity contribution is 15.0. The molecule has 0 heterocycles. The Balaban J connectivity index is -0.000000347. The molecule has 2 unspecified atom stereocenters. The molecule has 0 saturated carbocycles. The van der Waals surface area contributed by atoms with Crippen LogP contribution in [-0.4, -0.2) is 21.4 Å². The van der Waals surface area contributed by atoms with Gasteiger partial charge in [-0.25, -0.2) is 0 Å². The Hall–Kier alpha value is 1.33. The van der Waals surface area contributed by atoms with Crippen LogP contribution < -0.4 is 0 Å². The van der Waals surface area contributed by atoms with Gasteiger partial charge in [0, 0.05) is 38.7 Å². The molecule has 25 heavy (non-hydrogen) atoms. The van der Waals surface area contributed by atoms with E-state index in [1.165, 1.54) is 11.1 Å². The van der Waals surface area contributed by atoms with E-state index in [2.05, 4.69) is 83.7 Å². The van der Waals surface area contributed by atoms with E-state index in [1.54, 1.807) is 0 Å². The van der Waals surface area contributed by atoms with Crippen LogP contribution in [0.1, 0.15) is 74.6 Å². The third kappa shape index (κ3) is 9.89. The van der Waals surface area contributed by atoms with E-state index in [-0.39, 0.29) is 25.4 Å². The summed E-state index contributed by atoms with van der Waals surface area (Å²) in [5, 5.41) is 19.9. The van der Waals surface area contributed by atoms with Crippen LogP contribution in [0.3, 0.4) is 0 Å². The van der Waals surface area contributed by atoms with Crippen LogP contribution >= 0.6 is 61.2 Å². The Morgan fingerprint density at radius 1 is 1.08 bits per heavy atom. The summed E-state index contributed by atoms with van der Waals surface area (Å²) in [7, 11) is 0. The van der Waals surface area contributed by atoms with E-state index in [1.807, 2.05) is 6.92 Å². The van der Waals surface area contributed by atoms with E-state index < -0.39 is 11.2 Å². The molecule has 0 spiro atoms. The van der Waals surface area contributed by atoms with Crippen molar-refractivity contribution in [3.8, 4) is 0 Å². The third-order valence-electron chi connectivity index (χ3n) is 5.35. The van der Waals surface area contributed by atoms with Crippen molar-refractivity contribution in [1.29, 1.82) is 0 Å². The minimum Gasteiger partial charge on any atom is -0.389 e. The summed E-state index contributed by atoms with van der Waals surface area (Å²) in [5.74, 6) is 0.381. The number of halogens is 3. The molecule has 2 aliphatic carbocycles. The van der Waals surface area contributed by atoms with Crippen LogP contribution in [-0.2, 0) is 0 Å². The molecule has 0 aromatic rings. The molecule has 2 nitrogen and oxygen atoms in total. The van der Waals surface area contributed by atoms with Crippen LogP contribution in [0.25, 0.3) is 0 Å². The molecule has 0 radical (unpaired) electrons. The Kier molecular flexibility index (Phi) is 15.4. The molecule has 0 aromatic carbocycles. The largest absolute Gasteiger partial charge is 0.389 e.